The average molecular weight is 309 g/mol. The highest BCUT2D eigenvalue weighted by Crippen LogP contribution is 2.32. The van der Waals surface area contributed by atoms with E-state index in [1.54, 1.807) is 12.1 Å². The summed E-state index contributed by atoms with van der Waals surface area (Å²) in [6, 6.07) is 17.4. The van der Waals surface area contributed by atoms with Crippen LogP contribution in [0.25, 0.3) is 11.1 Å². The lowest BCUT2D eigenvalue weighted by atomic mass is 9.88. The quantitative estimate of drug-likeness (QED) is 0.576. The molecule has 1 aliphatic carbocycles. The Hall–Kier alpha value is -2.13. The van der Waals surface area contributed by atoms with Crippen molar-refractivity contribution in [2.45, 2.75) is 32.6 Å². The van der Waals surface area contributed by atoms with Gasteiger partial charge in [-0.2, -0.15) is 4.89 Å². The van der Waals surface area contributed by atoms with Crippen LogP contribution in [0.5, 0.6) is 0 Å². The van der Waals surface area contributed by atoms with E-state index in [1.165, 1.54) is 6.42 Å². The number of carbonyl (C=O) groups excluding carboxylic acids is 1. The molecule has 23 heavy (non-hydrogen) atoms. The minimum Gasteiger partial charge on any atom is -0.292 e. The highest BCUT2D eigenvalue weighted by atomic mass is 17.2. The molecule has 0 aromatic heterocycles. The predicted octanol–water partition coefficient (Wildman–Crippen LogP) is 5.18. The number of rotatable bonds is 4. The normalized spacial score (nSPS) is 18.6. The van der Waals surface area contributed by atoms with Gasteiger partial charge in [0, 0.05) is 0 Å². The zero-order valence-electron chi connectivity index (χ0n) is 13.3. The van der Waals surface area contributed by atoms with E-state index >= 15 is 0 Å². The largest absolute Gasteiger partial charge is 0.373 e. The van der Waals surface area contributed by atoms with Gasteiger partial charge in [-0.05, 0) is 42.0 Å². The van der Waals surface area contributed by atoms with Gasteiger partial charge in [-0.25, -0.2) is 4.79 Å². The molecule has 0 amide bonds. The molecular weight excluding hydrogens is 288 g/mol. The predicted molar refractivity (Wildman–Crippen MR) is 89.3 cm³/mol. The third kappa shape index (κ3) is 3.99. The molecule has 3 heteroatoms. The first-order valence-electron chi connectivity index (χ1n) is 8.14. The molecule has 119 valence electrons. The number of hydrogen-bond acceptors (Lipinski definition) is 3. The third-order valence-corrected chi connectivity index (χ3v) is 4.31. The SMILES string of the molecule is CC1CCCC[C]1OOC(=O)c1ccc(-c2ccccc2)cc1. The topological polar surface area (TPSA) is 35.5 Å². The molecule has 3 nitrogen and oxygen atoms in total. The molecule has 0 saturated heterocycles. The molecule has 1 aliphatic rings. The van der Waals surface area contributed by atoms with Crippen molar-refractivity contribution in [2.75, 3.05) is 0 Å². The molecular formula is C20H21O3. The molecule has 0 heterocycles. The van der Waals surface area contributed by atoms with Gasteiger partial charge in [-0.1, -0.05) is 62.2 Å². The second-order valence-corrected chi connectivity index (χ2v) is 6.01. The summed E-state index contributed by atoms with van der Waals surface area (Å²) < 4.78 is 0. The van der Waals surface area contributed by atoms with Crippen molar-refractivity contribution < 1.29 is 14.6 Å². The van der Waals surface area contributed by atoms with Gasteiger partial charge in [0.1, 0.15) is 0 Å². The molecule has 2 aromatic carbocycles. The second kappa shape index (κ2) is 7.42. The van der Waals surface area contributed by atoms with Gasteiger partial charge >= 0.3 is 5.97 Å². The van der Waals surface area contributed by atoms with Crippen LogP contribution >= 0.6 is 0 Å². The van der Waals surface area contributed by atoms with E-state index in [-0.39, 0.29) is 0 Å². The Kier molecular flexibility index (Phi) is 5.09. The lowest BCUT2D eigenvalue weighted by molar-refractivity contribution is -0.246. The number of benzene rings is 2. The van der Waals surface area contributed by atoms with E-state index in [1.807, 2.05) is 42.5 Å². The van der Waals surface area contributed by atoms with Crippen molar-refractivity contribution in [1.29, 1.82) is 0 Å². The molecule has 0 N–H and O–H groups in total. The fraction of sp³-hybridized carbons (Fsp3) is 0.300. The van der Waals surface area contributed by atoms with Gasteiger partial charge in [-0.3, -0.25) is 4.89 Å². The van der Waals surface area contributed by atoms with Crippen molar-refractivity contribution in [3.05, 3.63) is 66.3 Å². The monoisotopic (exact) mass is 309 g/mol. The van der Waals surface area contributed by atoms with E-state index in [4.69, 9.17) is 9.78 Å². The summed E-state index contributed by atoms with van der Waals surface area (Å²) in [4.78, 5) is 22.4. The van der Waals surface area contributed by atoms with Crippen LogP contribution in [0.1, 0.15) is 43.0 Å². The summed E-state index contributed by atoms with van der Waals surface area (Å²) in [5.74, 6) is -0.0908. The van der Waals surface area contributed by atoms with Crippen LogP contribution in [0.4, 0.5) is 0 Å². The summed E-state index contributed by atoms with van der Waals surface area (Å²) in [5, 5.41) is 0. The van der Waals surface area contributed by atoms with Crippen LogP contribution in [0.3, 0.4) is 0 Å². The van der Waals surface area contributed by atoms with E-state index in [2.05, 4.69) is 6.92 Å². The van der Waals surface area contributed by atoms with Crippen LogP contribution in [0.15, 0.2) is 54.6 Å². The Morgan fingerprint density at radius 2 is 1.65 bits per heavy atom. The van der Waals surface area contributed by atoms with Crippen molar-refractivity contribution >= 4 is 5.97 Å². The van der Waals surface area contributed by atoms with Gasteiger partial charge in [0.25, 0.3) is 0 Å². The molecule has 3 rings (SSSR count). The minimum absolute atomic E-state index is 0.358. The van der Waals surface area contributed by atoms with Crippen molar-refractivity contribution in [3.63, 3.8) is 0 Å². The zero-order valence-corrected chi connectivity index (χ0v) is 13.3. The molecule has 2 aromatic rings. The molecule has 0 bridgehead atoms. The minimum atomic E-state index is -0.449. The maximum atomic E-state index is 12.1. The van der Waals surface area contributed by atoms with Crippen LogP contribution in [-0.2, 0) is 9.78 Å². The molecule has 0 aliphatic heterocycles. The van der Waals surface area contributed by atoms with Gasteiger partial charge < -0.3 is 0 Å². The first kappa shape index (κ1) is 15.8. The third-order valence-electron chi connectivity index (χ3n) is 4.31. The molecule has 1 fully saturated rings. The number of carbonyl (C=O) groups is 1. The average Bonchev–Trinajstić information content (AvgIpc) is 2.62. The lowest BCUT2D eigenvalue weighted by Crippen LogP contribution is -2.19. The maximum Gasteiger partial charge on any atom is 0.373 e. The fourth-order valence-corrected chi connectivity index (χ4v) is 2.85. The molecule has 1 unspecified atom stereocenters. The smallest absolute Gasteiger partial charge is 0.292 e. The van der Waals surface area contributed by atoms with Crippen molar-refractivity contribution in [2.24, 2.45) is 5.92 Å². The van der Waals surface area contributed by atoms with Gasteiger partial charge in [0.15, 0.2) is 6.10 Å². The first-order valence-corrected chi connectivity index (χ1v) is 8.14. The van der Waals surface area contributed by atoms with Crippen LogP contribution < -0.4 is 0 Å². The van der Waals surface area contributed by atoms with E-state index in [0.29, 0.717) is 11.5 Å². The van der Waals surface area contributed by atoms with Crippen LogP contribution in [-0.4, -0.2) is 5.97 Å². The summed E-state index contributed by atoms with van der Waals surface area (Å²) in [7, 11) is 0. The highest BCUT2D eigenvalue weighted by Gasteiger charge is 2.25. The number of hydrogen-bond donors (Lipinski definition) is 0. The van der Waals surface area contributed by atoms with Crippen molar-refractivity contribution in [3.8, 4) is 11.1 Å². The first-order chi connectivity index (χ1) is 11.2. The van der Waals surface area contributed by atoms with E-state index in [0.717, 1.165) is 36.5 Å². The Morgan fingerprint density at radius 3 is 2.35 bits per heavy atom. The van der Waals surface area contributed by atoms with E-state index < -0.39 is 5.97 Å². The fourth-order valence-electron chi connectivity index (χ4n) is 2.85. The van der Waals surface area contributed by atoms with E-state index in [9.17, 15) is 4.79 Å². The maximum absolute atomic E-state index is 12.1. The van der Waals surface area contributed by atoms with Gasteiger partial charge in [0.05, 0.1) is 5.56 Å². The summed E-state index contributed by atoms with van der Waals surface area (Å²) in [5.41, 5.74) is 2.68. The Morgan fingerprint density at radius 1 is 0.957 bits per heavy atom. The summed E-state index contributed by atoms with van der Waals surface area (Å²) >= 11 is 0. The second-order valence-electron chi connectivity index (χ2n) is 6.01. The summed E-state index contributed by atoms with van der Waals surface area (Å²) in [6.45, 7) is 2.11. The van der Waals surface area contributed by atoms with Crippen LogP contribution in [0, 0.1) is 12.0 Å². The molecule has 1 atom stereocenters. The molecule has 1 saturated carbocycles. The Bertz CT molecular complexity index is 634. The zero-order chi connectivity index (χ0) is 16.1. The van der Waals surface area contributed by atoms with Crippen LogP contribution in [0.2, 0.25) is 0 Å². The van der Waals surface area contributed by atoms with Gasteiger partial charge in [0.2, 0.25) is 0 Å². The van der Waals surface area contributed by atoms with Crippen molar-refractivity contribution in [1.82, 2.24) is 0 Å². The summed E-state index contributed by atoms with van der Waals surface area (Å²) in [6.07, 6.45) is 5.16. The molecule has 0 spiro atoms. The Labute approximate surface area is 137 Å². The molecule has 1 radical (unpaired) electrons. The standard InChI is InChI=1S/C20H21O3/c1-15-7-5-6-10-19(15)22-23-20(21)18-13-11-17(12-14-18)16-8-3-2-4-9-16/h2-4,8-9,11-15H,5-7,10H2,1H3. The highest BCUT2D eigenvalue weighted by molar-refractivity contribution is 5.89. The lowest BCUT2D eigenvalue weighted by Gasteiger charge is -2.25. The Balaban J connectivity index is 1.59. The van der Waals surface area contributed by atoms with Gasteiger partial charge in [-0.15, -0.1) is 0 Å².